The van der Waals surface area contributed by atoms with Crippen LogP contribution in [0.25, 0.3) is 0 Å². The molecule has 122 valence electrons. The third kappa shape index (κ3) is 5.24. The van der Waals surface area contributed by atoms with Crippen molar-refractivity contribution in [1.82, 2.24) is 0 Å². The molecule has 21 heavy (non-hydrogen) atoms. The summed E-state index contributed by atoms with van der Waals surface area (Å²) in [6, 6.07) is 0. The molecule has 0 aromatic rings. The van der Waals surface area contributed by atoms with Crippen molar-refractivity contribution >= 4 is 5.97 Å². The molecule has 1 saturated heterocycles. The van der Waals surface area contributed by atoms with Gasteiger partial charge in [-0.2, -0.15) is 0 Å². The van der Waals surface area contributed by atoms with Gasteiger partial charge in [0, 0.05) is 12.5 Å². The molecule has 0 bridgehead atoms. The van der Waals surface area contributed by atoms with Crippen molar-refractivity contribution < 1.29 is 24.1 Å². The van der Waals surface area contributed by atoms with Crippen molar-refractivity contribution in [1.29, 1.82) is 0 Å². The second kappa shape index (κ2) is 8.71. The van der Waals surface area contributed by atoms with Gasteiger partial charge in [0.2, 0.25) is 0 Å². The van der Waals surface area contributed by atoms with Crippen LogP contribution in [0.1, 0.15) is 51.9 Å². The minimum absolute atomic E-state index is 0.221. The molecule has 0 unspecified atom stereocenters. The molecule has 1 saturated carbocycles. The van der Waals surface area contributed by atoms with Gasteiger partial charge in [-0.25, -0.2) is 0 Å². The van der Waals surface area contributed by atoms with E-state index in [0.29, 0.717) is 12.0 Å². The molecule has 2 rings (SSSR count). The van der Waals surface area contributed by atoms with Crippen LogP contribution in [0.3, 0.4) is 0 Å². The Labute approximate surface area is 126 Å². The smallest absolute Gasteiger partial charge is 0.311 e. The Bertz CT molecular complexity index is 304. The molecule has 1 aliphatic carbocycles. The van der Waals surface area contributed by atoms with E-state index in [0.717, 1.165) is 38.7 Å². The van der Waals surface area contributed by atoms with Crippen molar-refractivity contribution in [3.05, 3.63) is 0 Å². The Kier molecular flexibility index (Phi) is 6.93. The molecule has 0 spiro atoms. The number of hydrogen-bond acceptors (Lipinski definition) is 4. The number of ether oxygens (including phenoxy) is 3. The van der Waals surface area contributed by atoms with Crippen molar-refractivity contribution in [2.45, 2.75) is 64.3 Å². The van der Waals surface area contributed by atoms with E-state index in [9.17, 15) is 4.79 Å². The van der Waals surface area contributed by atoms with Gasteiger partial charge < -0.3 is 19.3 Å². The first-order chi connectivity index (χ1) is 10.2. The lowest BCUT2D eigenvalue weighted by Gasteiger charge is -2.36. The monoisotopic (exact) mass is 300 g/mol. The predicted octanol–water partition coefficient (Wildman–Crippen LogP) is 2.83. The van der Waals surface area contributed by atoms with E-state index in [4.69, 9.17) is 19.3 Å². The average molecular weight is 300 g/mol. The van der Waals surface area contributed by atoms with Crippen LogP contribution in [0.5, 0.6) is 0 Å². The number of carboxylic acids is 1. The Morgan fingerprint density at radius 1 is 1.14 bits per heavy atom. The van der Waals surface area contributed by atoms with Crippen LogP contribution >= 0.6 is 0 Å². The fourth-order valence-corrected chi connectivity index (χ4v) is 3.06. The third-order valence-corrected chi connectivity index (χ3v) is 4.48. The molecule has 1 N–H and O–H groups in total. The summed E-state index contributed by atoms with van der Waals surface area (Å²) in [5.74, 6) is -0.965. The van der Waals surface area contributed by atoms with Crippen molar-refractivity contribution in [3.63, 3.8) is 0 Å². The normalized spacial score (nSPS) is 33.8. The summed E-state index contributed by atoms with van der Waals surface area (Å²) in [7, 11) is 0. The molecule has 0 radical (unpaired) electrons. The highest BCUT2D eigenvalue weighted by Gasteiger charge is 2.34. The first-order valence-electron chi connectivity index (χ1n) is 8.28. The number of carbonyl (C=O) groups is 1. The molecule has 0 aromatic heterocycles. The molecule has 1 heterocycles. The molecule has 0 aromatic carbocycles. The number of carboxylic acid groups (broad SMARTS) is 1. The highest BCUT2D eigenvalue weighted by Crippen LogP contribution is 2.32. The second-order valence-electron chi connectivity index (χ2n) is 6.18. The zero-order valence-electron chi connectivity index (χ0n) is 13.0. The van der Waals surface area contributed by atoms with E-state index in [2.05, 4.69) is 6.92 Å². The van der Waals surface area contributed by atoms with Crippen LogP contribution in [0.2, 0.25) is 0 Å². The van der Waals surface area contributed by atoms with Gasteiger partial charge >= 0.3 is 5.97 Å². The molecule has 0 amide bonds. The summed E-state index contributed by atoms with van der Waals surface area (Å²) in [5.41, 5.74) is 0. The van der Waals surface area contributed by atoms with Gasteiger partial charge in [0.25, 0.3) is 0 Å². The summed E-state index contributed by atoms with van der Waals surface area (Å²) < 4.78 is 17.1. The molecule has 2 aliphatic rings. The zero-order valence-corrected chi connectivity index (χ0v) is 13.0. The number of aliphatic carboxylic acids is 1. The van der Waals surface area contributed by atoms with Crippen LogP contribution in [0, 0.1) is 11.8 Å². The SMILES string of the molecule is CCCCCOC1CCC(C2OCC(C(=O)O)CO2)CC1. The van der Waals surface area contributed by atoms with Gasteiger partial charge in [-0.3, -0.25) is 4.79 Å². The van der Waals surface area contributed by atoms with E-state index >= 15 is 0 Å². The lowest BCUT2D eigenvalue weighted by atomic mass is 9.86. The van der Waals surface area contributed by atoms with Crippen molar-refractivity contribution in [3.8, 4) is 0 Å². The van der Waals surface area contributed by atoms with E-state index in [1.165, 1.54) is 12.8 Å². The summed E-state index contributed by atoms with van der Waals surface area (Å²) >= 11 is 0. The van der Waals surface area contributed by atoms with Gasteiger partial charge in [0.15, 0.2) is 6.29 Å². The maximum absolute atomic E-state index is 10.9. The summed E-state index contributed by atoms with van der Waals surface area (Å²) in [4.78, 5) is 10.9. The summed E-state index contributed by atoms with van der Waals surface area (Å²) in [5, 5.41) is 8.91. The first-order valence-corrected chi connectivity index (χ1v) is 8.28. The maximum atomic E-state index is 10.9. The number of unbranched alkanes of at least 4 members (excludes halogenated alkanes) is 2. The maximum Gasteiger partial charge on any atom is 0.311 e. The molecule has 5 heteroatoms. The fourth-order valence-electron chi connectivity index (χ4n) is 3.06. The Morgan fingerprint density at radius 3 is 2.38 bits per heavy atom. The quantitative estimate of drug-likeness (QED) is 0.732. The van der Waals surface area contributed by atoms with Crippen LogP contribution in [0.4, 0.5) is 0 Å². The summed E-state index contributed by atoms with van der Waals surface area (Å²) in [6.07, 6.45) is 7.98. The van der Waals surface area contributed by atoms with Crippen LogP contribution < -0.4 is 0 Å². The molecular weight excluding hydrogens is 272 g/mol. The van der Waals surface area contributed by atoms with Gasteiger partial charge in [-0.15, -0.1) is 0 Å². The summed E-state index contributed by atoms with van der Waals surface area (Å²) in [6.45, 7) is 3.62. The molecule has 5 nitrogen and oxygen atoms in total. The fraction of sp³-hybridized carbons (Fsp3) is 0.938. The molecule has 1 aliphatic heterocycles. The Balaban J connectivity index is 1.62. The Hall–Kier alpha value is -0.650. The standard InChI is InChI=1S/C16H28O5/c1-2-3-4-9-19-14-7-5-12(6-8-14)16-20-10-13(11-21-16)15(17)18/h12-14,16H,2-11H2,1H3,(H,17,18). The van der Waals surface area contributed by atoms with Gasteiger partial charge in [-0.05, 0) is 32.1 Å². The van der Waals surface area contributed by atoms with E-state index in [1.54, 1.807) is 0 Å². The van der Waals surface area contributed by atoms with Crippen LogP contribution in [0.15, 0.2) is 0 Å². The topological polar surface area (TPSA) is 65.0 Å². The molecule has 2 fully saturated rings. The van der Waals surface area contributed by atoms with E-state index in [-0.39, 0.29) is 19.5 Å². The number of rotatable bonds is 7. The lowest BCUT2D eigenvalue weighted by molar-refractivity contribution is -0.232. The van der Waals surface area contributed by atoms with Crippen LogP contribution in [-0.4, -0.2) is 43.3 Å². The minimum atomic E-state index is -0.836. The van der Waals surface area contributed by atoms with E-state index in [1.807, 2.05) is 0 Å². The van der Waals surface area contributed by atoms with Gasteiger partial charge in [-0.1, -0.05) is 19.8 Å². The highest BCUT2D eigenvalue weighted by molar-refractivity contribution is 5.70. The average Bonchev–Trinajstić information content (AvgIpc) is 2.52. The largest absolute Gasteiger partial charge is 0.481 e. The highest BCUT2D eigenvalue weighted by atomic mass is 16.7. The first kappa shape index (κ1) is 16.7. The molecule has 0 atom stereocenters. The van der Waals surface area contributed by atoms with Crippen LogP contribution in [-0.2, 0) is 19.0 Å². The zero-order chi connectivity index (χ0) is 15.1. The predicted molar refractivity (Wildman–Crippen MR) is 78.0 cm³/mol. The van der Waals surface area contributed by atoms with Gasteiger partial charge in [0.05, 0.1) is 19.3 Å². The van der Waals surface area contributed by atoms with Gasteiger partial charge in [0.1, 0.15) is 5.92 Å². The van der Waals surface area contributed by atoms with Crippen molar-refractivity contribution in [2.24, 2.45) is 11.8 Å². The molecular formula is C16H28O5. The lowest BCUT2D eigenvalue weighted by Crippen LogP contribution is -2.41. The minimum Gasteiger partial charge on any atom is -0.481 e. The Morgan fingerprint density at radius 2 is 1.81 bits per heavy atom. The van der Waals surface area contributed by atoms with E-state index < -0.39 is 11.9 Å². The van der Waals surface area contributed by atoms with Crippen molar-refractivity contribution in [2.75, 3.05) is 19.8 Å². The second-order valence-corrected chi connectivity index (χ2v) is 6.18. The number of hydrogen-bond donors (Lipinski definition) is 1. The third-order valence-electron chi connectivity index (χ3n) is 4.48.